The van der Waals surface area contributed by atoms with Gasteiger partial charge in [0.25, 0.3) is 0 Å². The van der Waals surface area contributed by atoms with E-state index in [1.54, 1.807) is 0 Å². The van der Waals surface area contributed by atoms with Gasteiger partial charge in [-0.1, -0.05) is 6.58 Å². The molecule has 1 spiro atoms. The topological polar surface area (TPSA) is 17.1 Å². The molecule has 54 valence electrons. The van der Waals surface area contributed by atoms with Crippen molar-refractivity contribution in [3.8, 4) is 0 Å². The zero-order chi connectivity index (χ0) is 7.19. The lowest BCUT2D eigenvalue weighted by Crippen LogP contribution is -2.25. The highest BCUT2D eigenvalue weighted by Crippen LogP contribution is 2.35. The van der Waals surface area contributed by atoms with Crippen molar-refractivity contribution in [1.29, 1.82) is 0 Å². The highest BCUT2D eigenvalue weighted by molar-refractivity contribution is 5.81. The molecule has 10 heavy (non-hydrogen) atoms. The minimum Gasteiger partial charge on any atom is -0.301 e. The fraction of sp³-hybridized carbons (Fsp3) is 0.625. The molecule has 2 aliphatic rings. The number of carbonyl (C=O) groups excluding carboxylic acids is 1. The molecule has 0 aliphatic carbocycles. The van der Waals surface area contributed by atoms with E-state index in [0.717, 1.165) is 30.5 Å². The molecule has 0 saturated carbocycles. The predicted octanol–water partition coefficient (Wildman–Crippen LogP) is 0.344. The summed E-state index contributed by atoms with van der Waals surface area (Å²) in [6.45, 7) is 6.74. The Labute approximate surface area is 60.7 Å². The van der Waals surface area contributed by atoms with Gasteiger partial charge < -0.3 is 4.48 Å². The summed E-state index contributed by atoms with van der Waals surface area (Å²) in [6.07, 6.45) is 2.78. The lowest BCUT2D eigenvalue weighted by atomic mass is 10.4. The lowest BCUT2D eigenvalue weighted by Gasteiger charge is -2.07. The Morgan fingerprint density at radius 2 is 2.50 bits per heavy atom. The molecule has 0 amide bonds. The van der Waals surface area contributed by atoms with Crippen LogP contribution < -0.4 is 0 Å². The van der Waals surface area contributed by atoms with E-state index in [0.29, 0.717) is 11.8 Å². The van der Waals surface area contributed by atoms with Crippen molar-refractivity contribution in [2.75, 3.05) is 19.6 Å². The minimum absolute atomic E-state index is 0.435. The van der Waals surface area contributed by atoms with Crippen molar-refractivity contribution in [2.45, 2.75) is 12.5 Å². The summed E-state index contributed by atoms with van der Waals surface area (Å²) in [6, 6.07) is 0.603. The lowest BCUT2D eigenvalue weighted by molar-refractivity contribution is -0.791. The van der Waals surface area contributed by atoms with Gasteiger partial charge >= 0.3 is 0 Å². The second kappa shape index (κ2) is 1.70. The number of nitrogens with zero attached hydrogens (tertiary/aromatic N) is 1. The minimum atomic E-state index is 0.435. The van der Waals surface area contributed by atoms with Gasteiger partial charge in [0.15, 0.2) is 11.8 Å². The molecule has 0 radical (unpaired) electrons. The first-order valence-electron chi connectivity index (χ1n) is 3.77. The molecule has 0 aromatic rings. The fourth-order valence-corrected chi connectivity index (χ4v) is 1.92. The van der Waals surface area contributed by atoms with Crippen molar-refractivity contribution >= 4 is 5.78 Å². The summed E-state index contributed by atoms with van der Waals surface area (Å²) in [5, 5.41) is 0. The summed E-state index contributed by atoms with van der Waals surface area (Å²) in [5.74, 6) is 0.435. The molecule has 2 nitrogen and oxygen atoms in total. The highest BCUT2D eigenvalue weighted by atomic mass is 16.1. The van der Waals surface area contributed by atoms with Crippen LogP contribution in [0.2, 0.25) is 0 Å². The number of rotatable bonds is 1. The van der Waals surface area contributed by atoms with Gasteiger partial charge in [-0.05, 0) is 6.08 Å². The Morgan fingerprint density at radius 1 is 1.70 bits per heavy atom. The van der Waals surface area contributed by atoms with Gasteiger partial charge in [-0.2, -0.15) is 0 Å². The van der Waals surface area contributed by atoms with Crippen molar-refractivity contribution in [3.63, 3.8) is 0 Å². The third-order valence-corrected chi connectivity index (χ3v) is 2.72. The van der Waals surface area contributed by atoms with Gasteiger partial charge in [0, 0.05) is 0 Å². The first-order chi connectivity index (χ1) is 4.77. The fourth-order valence-electron chi connectivity index (χ4n) is 1.92. The van der Waals surface area contributed by atoms with Crippen LogP contribution in [0.3, 0.4) is 0 Å². The molecule has 2 rings (SSSR count). The first-order valence-corrected chi connectivity index (χ1v) is 3.77. The average molecular weight is 138 g/mol. The van der Waals surface area contributed by atoms with E-state index in [1.165, 1.54) is 0 Å². The molecule has 0 bridgehead atoms. The Morgan fingerprint density at radius 3 is 2.90 bits per heavy atom. The van der Waals surface area contributed by atoms with Crippen LogP contribution in [-0.2, 0) is 4.79 Å². The van der Waals surface area contributed by atoms with Crippen molar-refractivity contribution < 1.29 is 9.28 Å². The van der Waals surface area contributed by atoms with E-state index in [4.69, 9.17) is 0 Å². The van der Waals surface area contributed by atoms with Gasteiger partial charge in [-0.25, -0.2) is 0 Å². The maximum atomic E-state index is 10.9. The number of ketones is 1. The SMILES string of the molecule is C=CC1C[N@+]12CCC(=O)C2. The second-order valence-electron chi connectivity index (χ2n) is 3.37. The number of carbonyl (C=O) groups is 1. The van der Waals surface area contributed by atoms with Crippen LogP contribution in [-0.4, -0.2) is 35.9 Å². The van der Waals surface area contributed by atoms with Gasteiger partial charge in [0.1, 0.15) is 13.1 Å². The summed E-state index contributed by atoms with van der Waals surface area (Å²) in [7, 11) is 0. The summed E-state index contributed by atoms with van der Waals surface area (Å²) in [4.78, 5) is 10.9. The largest absolute Gasteiger partial charge is 0.301 e. The van der Waals surface area contributed by atoms with Gasteiger partial charge in [-0.3, -0.25) is 4.79 Å². The number of quaternary nitrogens is 1. The van der Waals surface area contributed by atoms with Crippen molar-refractivity contribution in [2.24, 2.45) is 0 Å². The molecule has 2 saturated heterocycles. The molecule has 0 aromatic carbocycles. The molecule has 0 N–H and O–H groups in total. The van der Waals surface area contributed by atoms with Crippen LogP contribution >= 0.6 is 0 Å². The van der Waals surface area contributed by atoms with E-state index in [1.807, 2.05) is 6.08 Å². The molecule has 0 aromatic heterocycles. The maximum Gasteiger partial charge on any atom is 0.192 e. The Hall–Kier alpha value is -0.630. The van der Waals surface area contributed by atoms with E-state index in [9.17, 15) is 4.79 Å². The quantitative estimate of drug-likeness (QED) is 0.290. The molecule has 2 atom stereocenters. The third kappa shape index (κ3) is 0.655. The second-order valence-corrected chi connectivity index (χ2v) is 3.37. The van der Waals surface area contributed by atoms with Gasteiger partial charge in [0.2, 0.25) is 0 Å². The maximum absolute atomic E-state index is 10.9. The van der Waals surface area contributed by atoms with E-state index in [-0.39, 0.29) is 0 Å². The summed E-state index contributed by atoms with van der Waals surface area (Å²) in [5.41, 5.74) is 0. The molecular weight excluding hydrogens is 126 g/mol. The Bertz CT molecular complexity index is 199. The summed E-state index contributed by atoms with van der Waals surface area (Å²) < 4.78 is 1.03. The number of Topliss-reactive ketones (excluding diaryl/α,β-unsaturated/α-hetero) is 1. The third-order valence-electron chi connectivity index (χ3n) is 2.72. The van der Waals surface area contributed by atoms with Gasteiger partial charge in [0.05, 0.1) is 13.0 Å². The van der Waals surface area contributed by atoms with Crippen LogP contribution in [0.4, 0.5) is 0 Å². The average Bonchev–Trinajstić information content (AvgIpc) is 2.46. The van der Waals surface area contributed by atoms with Crippen LogP contribution in [0.25, 0.3) is 0 Å². The van der Waals surface area contributed by atoms with E-state index in [2.05, 4.69) is 6.58 Å². The standard InChI is InChI=1S/C8H12NO/c1-2-7-5-9(7)4-3-8(10)6-9/h2,7H,1,3-6H2/q+1/t7?,9-/m0/s1. The van der Waals surface area contributed by atoms with Crippen LogP contribution in [0, 0.1) is 0 Å². The molecular formula is C8H12NO+. The Balaban J connectivity index is 2.08. The van der Waals surface area contributed by atoms with Gasteiger partial charge in [-0.15, -0.1) is 0 Å². The zero-order valence-corrected chi connectivity index (χ0v) is 6.05. The van der Waals surface area contributed by atoms with Crippen molar-refractivity contribution in [3.05, 3.63) is 12.7 Å². The highest BCUT2D eigenvalue weighted by Gasteiger charge is 2.56. The molecule has 2 aliphatic heterocycles. The monoisotopic (exact) mass is 138 g/mol. The smallest absolute Gasteiger partial charge is 0.192 e. The van der Waals surface area contributed by atoms with Crippen LogP contribution in [0.15, 0.2) is 12.7 Å². The molecule has 2 heteroatoms. The normalized spacial score (nSPS) is 44.4. The van der Waals surface area contributed by atoms with Crippen molar-refractivity contribution in [1.82, 2.24) is 0 Å². The molecule has 2 heterocycles. The summed E-state index contributed by atoms with van der Waals surface area (Å²) >= 11 is 0. The van der Waals surface area contributed by atoms with E-state index < -0.39 is 0 Å². The van der Waals surface area contributed by atoms with E-state index >= 15 is 0 Å². The molecule has 1 unspecified atom stereocenters. The first kappa shape index (κ1) is 6.10. The number of hydrogen-bond acceptors (Lipinski definition) is 1. The molecule has 2 fully saturated rings. The number of hydrogen-bond donors (Lipinski definition) is 0. The van der Waals surface area contributed by atoms with Crippen LogP contribution in [0.1, 0.15) is 6.42 Å². The predicted molar refractivity (Wildman–Crippen MR) is 38.5 cm³/mol. The Kier molecular flexibility index (Phi) is 1.04. The zero-order valence-electron chi connectivity index (χ0n) is 6.05. The van der Waals surface area contributed by atoms with Crippen LogP contribution in [0.5, 0.6) is 0 Å².